The fourth-order valence-corrected chi connectivity index (χ4v) is 10.0. The maximum atomic E-state index is 12.9. The smallest absolute Gasteiger partial charge is 0.306 e. The van der Waals surface area contributed by atoms with Gasteiger partial charge in [0.1, 0.15) is 13.2 Å². The first-order chi connectivity index (χ1) is 40.5. The molecule has 0 aromatic carbocycles. The zero-order chi connectivity index (χ0) is 59.2. The van der Waals surface area contributed by atoms with Crippen LogP contribution in [0, 0.1) is 0 Å². The highest BCUT2D eigenvalue weighted by Gasteiger charge is 2.19. The summed E-state index contributed by atoms with van der Waals surface area (Å²) < 4.78 is 16.9. The Kier molecular flexibility index (Phi) is 66.7. The van der Waals surface area contributed by atoms with Gasteiger partial charge < -0.3 is 14.2 Å². The van der Waals surface area contributed by atoms with E-state index in [0.29, 0.717) is 19.3 Å². The number of hydrogen-bond acceptors (Lipinski definition) is 6. The molecule has 0 aliphatic rings. The number of ether oxygens (including phenoxy) is 3. The number of esters is 3. The molecular weight excluding hydrogens is 1010 g/mol. The third-order valence-corrected chi connectivity index (χ3v) is 15.3. The second-order valence-corrected chi connectivity index (χ2v) is 23.4. The highest BCUT2D eigenvalue weighted by molar-refractivity contribution is 5.71. The molecular formula is C76H132O6. The van der Waals surface area contributed by atoms with Crippen molar-refractivity contribution in [1.82, 2.24) is 0 Å². The maximum Gasteiger partial charge on any atom is 0.306 e. The van der Waals surface area contributed by atoms with Crippen molar-refractivity contribution in [3.8, 4) is 0 Å². The highest BCUT2D eigenvalue weighted by atomic mass is 16.6. The molecule has 6 heteroatoms. The second-order valence-electron chi connectivity index (χ2n) is 23.4. The van der Waals surface area contributed by atoms with E-state index in [-0.39, 0.29) is 31.1 Å². The monoisotopic (exact) mass is 1140 g/mol. The van der Waals surface area contributed by atoms with Gasteiger partial charge in [-0.05, 0) is 116 Å². The predicted molar refractivity (Wildman–Crippen MR) is 357 cm³/mol. The molecule has 82 heavy (non-hydrogen) atoms. The van der Waals surface area contributed by atoms with Gasteiger partial charge >= 0.3 is 17.9 Å². The molecule has 1 atom stereocenters. The molecule has 0 amide bonds. The van der Waals surface area contributed by atoms with Gasteiger partial charge in [0.2, 0.25) is 0 Å². The molecule has 0 heterocycles. The largest absolute Gasteiger partial charge is 0.462 e. The Morgan fingerprint density at radius 2 is 0.488 bits per heavy atom. The van der Waals surface area contributed by atoms with E-state index in [1.807, 2.05) is 0 Å². The van der Waals surface area contributed by atoms with E-state index in [4.69, 9.17) is 14.2 Å². The predicted octanol–water partition coefficient (Wildman–Crippen LogP) is 24.4. The molecule has 0 bridgehead atoms. The first kappa shape index (κ1) is 78.3. The van der Waals surface area contributed by atoms with Crippen molar-refractivity contribution in [2.45, 2.75) is 354 Å². The van der Waals surface area contributed by atoms with E-state index in [1.54, 1.807) is 0 Å². The molecule has 0 saturated heterocycles. The van der Waals surface area contributed by atoms with Crippen molar-refractivity contribution < 1.29 is 28.6 Å². The topological polar surface area (TPSA) is 78.9 Å². The fourth-order valence-electron chi connectivity index (χ4n) is 10.0. The molecule has 0 aromatic heterocycles. The summed E-state index contributed by atoms with van der Waals surface area (Å²) in [5.41, 5.74) is 0. The van der Waals surface area contributed by atoms with Crippen molar-refractivity contribution in [3.05, 3.63) is 97.2 Å². The minimum Gasteiger partial charge on any atom is -0.462 e. The highest BCUT2D eigenvalue weighted by Crippen LogP contribution is 2.17. The molecule has 0 N–H and O–H groups in total. The number of carbonyl (C=O) groups excluding carboxylic acids is 3. The Morgan fingerprint density at radius 1 is 0.256 bits per heavy atom. The summed E-state index contributed by atoms with van der Waals surface area (Å²) in [5, 5.41) is 0. The number of carbonyl (C=O) groups is 3. The Bertz CT molecular complexity index is 1590. The van der Waals surface area contributed by atoms with Crippen molar-refractivity contribution in [1.29, 1.82) is 0 Å². The van der Waals surface area contributed by atoms with Gasteiger partial charge in [0.15, 0.2) is 6.10 Å². The normalized spacial score (nSPS) is 12.7. The lowest BCUT2D eigenvalue weighted by Gasteiger charge is -2.18. The van der Waals surface area contributed by atoms with E-state index < -0.39 is 6.10 Å². The first-order valence-electron chi connectivity index (χ1n) is 35.2. The van der Waals surface area contributed by atoms with Crippen LogP contribution in [0.3, 0.4) is 0 Å². The molecule has 0 aliphatic carbocycles. The van der Waals surface area contributed by atoms with Crippen molar-refractivity contribution in [3.63, 3.8) is 0 Å². The number of rotatable bonds is 64. The van der Waals surface area contributed by atoms with Crippen LogP contribution in [0.25, 0.3) is 0 Å². The summed E-state index contributed by atoms with van der Waals surface area (Å²) in [6.45, 7) is 6.49. The van der Waals surface area contributed by atoms with Gasteiger partial charge in [-0.25, -0.2) is 0 Å². The Hall–Kier alpha value is -3.67. The number of hydrogen-bond donors (Lipinski definition) is 0. The zero-order valence-electron chi connectivity index (χ0n) is 54.2. The van der Waals surface area contributed by atoms with Crippen LogP contribution in [0.15, 0.2) is 97.2 Å². The molecule has 6 nitrogen and oxygen atoms in total. The average Bonchev–Trinajstić information content (AvgIpc) is 3.47. The lowest BCUT2D eigenvalue weighted by molar-refractivity contribution is -0.167. The van der Waals surface area contributed by atoms with Crippen LogP contribution in [0.2, 0.25) is 0 Å². The van der Waals surface area contributed by atoms with Crippen LogP contribution in [-0.2, 0) is 28.6 Å². The minimum atomic E-state index is -0.783. The van der Waals surface area contributed by atoms with E-state index in [9.17, 15) is 14.4 Å². The molecule has 0 saturated carbocycles. The molecule has 472 valence electrons. The van der Waals surface area contributed by atoms with Crippen molar-refractivity contribution in [2.24, 2.45) is 0 Å². The number of allylic oxidation sites excluding steroid dienone is 16. The van der Waals surface area contributed by atoms with Gasteiger partial charge in [-0.1, -0.05) is 311 Å². The van der Waals surface area contributed by atoms with E-state index in [0.717, 1.165) is 109 Å². The van der Waals surface area contributed by atoms with Crippen LogP contribution in [-0.4, -0.2) is 37.2 Å². The van der Waals surface area contributed by atoms with Crippen LogP contribution in [0.4, 0.5) is 0 Å². The SMILES string of the molecule is CC/C=C\C/C=C\C/C=C\C/C=C\C/C=C\CCCCCCCCCCCCCCCCCCCCCC(=O)OCC(COC(=O)CCCCCCC/C=C\CCCC)OC(=O)CCCCCCCCC/C=C\C/C=C\CCCCCC. The average molecular weight is 1140 g/mol. The maximum absolute atomic E-state index is 12.9. The van der Waals surface area contributed by atoms with Gasteiger partial charge in [-0.3, -0.25) is 14.4 Å². The van der Waals surface area contributed by atoms with E-state index in [2.05, 4.69) is 118 Å². The minimum absolute atomic E-state index is 0.0793. The Labute approximate surface area is 508 Å². The Morgan fingerprint density at radius 3 is 0.793 bits per heavy atom. The lowest BCUT2D eigenvalue weighted by atomic mass is 10.0. The van der Waals surface area contributed by atoms with E-state index >= 15 is 0 Å². The van der Waals surface area contributed by atoms with Gasteiger partial charge in [0.05, 0.1) is 0 Å². The fraction of sp³-hybridized carbons (Fsp3) is 0.750. The second kappa shape index (κ2) is 69.8. The van der Waals surface area contributed by atoms with Crippen molar-refractivity contribution in [2.75, 3.05) is 13.2 Å². The lowest BCUT2D eigenvalue weighted by Crippen LogP contribution is -2.30. The first-order valence-corrected chi connectivity index (χ1v) is 35.2. The summed E-state index contributed by atoms with van der Waals surface area (Å²) in [6, 6.07) is 0. The third kappa shape index (κ3) is 67.1. The molecule has 0 radical (unpaired) electrons. The molecule has 1 unspecified atom stereocenters. The van der Waals surface area contributed by atoms with Crippen molar-refractivity contribution >= 4 is 17.9 Å². The van der Waals surface area contributed by atoms with Gasteiger partial charge in [0, 0.05) is 19.3 Å². The van der Waals surface area contributed by atoms with E-state index in [1.165, 1.54) is 199 Å². The number of unbranched alkanes of at least 4 members (excludes halogenated alkanes) is 37. The van der Waals surface area contributed by atoms with Gasteiger partial charge in [-0.2, -0.15) is 0 Å². The molecule has 0 spiro atoms. The third-order valence-electron chi connectivity index (χ3n) is 15.3. The summed E-state index contributed by atoms with van der Waals surface area (Å²) in [7, 11) is 0. The standard InChI is InChI=1S/C76H132O6/c1-4-7-10-13-16-19-22-24-26-28-30-31-32-33-34-35-36-37-38-39-40-41-42-43-44-45-46-48-49-51-54-57-60-63-66-69-75(78)81-72-73(71-80-74(77)68-65-62-59-56-53-21-18-15-12-9-6-3)82-76(79)70-67-64-61-58-55-52-50-47-29-27-25-23-20-17-14-11-8-5-2/h7,10,15-16,18-20,23-24,26-27,29-31,33-34,73H,4-6,8-9,11-14,17,21-22,25,28,32,35-72H2,1-3H3/b10-7-,18-15-,19-16-,23-20-,26-24-,29-27-,31-30-,34-33-. The van der Waals surface area contributed by atoms with Crippen LogP contribution in [0.5, 0.6) is 0 Å². The summed E-state index contributed by atoms with van der Waals surface area (Å²) >= 11 is 0. The van der Waals surface area contributed by atoms with Gasteiger partial charge in [-0.15, -0.1) is 0 Å². The quantitative estimate of drug-likeness (QED) is 0.0261. The molecule has 0 aromatic rings. The van der Waals surface area contributed by atoms with Crippen LogP contribution < -0.4 is 0 Å². The summed E-state index contributed by atoms with van der Waals surface area (Å²) in [4.78, 5) is 38.3. The summed E-state index contributed by atoms with van der Waals surface area (Å²) in [5.74, 6) is -0.882. The molecule has 0 rings (SSSR count). The van der Waals surface area contributed by atoms with Crippen LogP contribution in [0.1, 0.15) is 348 Å². The Balaban J connectivity index is 4.11. The molecule has 0 fully saturated rings. The van der Waals surface area contributed by atoms with Gasteiger partial charge in [0.25, 0.3) is 0 Å². The molecule has 0 aliphatic heterocycles. The summed E-state index contributed by atoms with van der Waals surface area (Å²) in [6.07, 6.45) is 94.5. The van der Waals surface area contributed by atoms with Crippen LogP contribution >= 0.6 is 0 Å². The zero-order valence-corrected chi connectivity index (χ0v) is 54.2.